The third kappa shape index (κ3) is 3.92. The van der Waals surface area contributed by atoms with Crippen LogP contribution in [0.3, 0.4) is 0 Å². The Bertz CT molecular complexity index is 877. The molecule has 0 aromatic heterocycles. The Morgan fingerprint density at radius 3 is 2.55 bits per heavy atom. The molecular formula is C24H28N2O3. The Balaban J connectivity index is 1.59. The number of hydrogen-bond acceptors (Lipinski definition) is 3. The third-order valence-corrected chi connectivity index (χ3v) is 6.23. The monoisotopic (exact) mass is 392 g/mol. The maximum atomic E-state index is 13.5. The van der Waals surface area contributed by atoms with Crippen molar-refractivity contribution in [1.29, 1.82) is 0 Å². The second-order valence-electron chi connectivity index (χ2n) is 8.16. The third-order valence-electron chi connectivity index (χ3n) is 6.23. The fourth-order valence-electron chi connectivity index (χ4n) is 4.61. The Hall–Kier alpha value is -2.66. The minimum absolute atomic E-state index is 0.0104. The Labute approximate surface area is 172 Å². The first-order valence-corrected chi connectivity index (χ1v) is 10.4. The molecule has 0 aliphatic carbocycles. The quantitative estimate of drug-likeness (QED) is 0.822. The lowest BCUT2D eigenvalue weighted by Gasteiger charge is -2.29. The summed E-state index contributed by atoms with van der Waals surface area (Å²) in [5.74, 6) is 0.377. The van der Waals surface area contributed by atoms with Crippen molar-refractivity contribution in [2.45, 2.75) is 31.1 Å². The van der Waals surface area contributed by atoms with E-state index in [2.05, 4.69) is 5.32 Å². The van der Waals surface area contributed by atoms with Gasteiger partial charge >= 0.3 is 0 Å². The molecule has 2 aliphatic heterocycles. The lowest BCUT2D eigenvalue weighted by Crippen LogP contribution is -2.45. The number of nitrogens with zero attached hydrogens (tertiary/aromatic N) is 1. The van der Waals surface area contributed by atoms with Crippen LogP contribution in [-0.2, 0) is 26.2 Å². The summed E-state index contributed by atoms with van der Waals surface area (Å²) in [5, 5.41) is 3.09. The molecule has 4 rings (SSSR count). The van der Waals surface area contributed by atoms with E-state index in [-0.39, 0.29) is 18.2 Å². The molecule has 5 heteroatoms. The fourth-order valence-corrected chi connectivity index (χ4v) is 4.61. The zero-order valence-corrected chi connectivity index (χ0v) is 16.9. The van der Waals surface area contributed by atoms with Gasteiger partial charge < -0.3 is 15.0 Å². The van der Waals surface area contributed by atoms with Gasteiger partial charge in [-0.1, -0.05) is 48.5 Å². The van der Waals surface area contributed by atoms with Crippen molar-refractivity contribution in [1.82, 2.24) is 5.32 Å². The molecule has 0 unspecified atom stereocenters. The summed E-state index contributed by atoms with van der Waals surface area (Å²) < 4.78 is 5.40. The van der Waals surface area contributed by atoms with Crippen molar-refractivity contribution >= 4 is 17.5 Å². The maximum Gasteiger partial charge on any atom is 0.238 e. The van der Waals surface area contributed by atoms with Crippen LogP contribution >= 0.6 is 0 Å². The largest absolute Gasteiger partial charge is 0.381 e. The summed E-state index contributed by atoms with van der Waals surface area (Å²) in [5.41, 5.74) is 2.03. The molecular weight excluding hydrogens is 364 g/mol. The van der Waals surface area contributed by atoms with Crippen LogP contribution in [0.15, 0.2) is 54.6 Å². The molecule has 2 aromatic carbocycles. The van der Waals surface area contributed by atoms with Gasteiger partial charge in [-0.2, -0.15) is 0 Å². The first-order valence-electron chi connectivity index (χ1n) is 10.4. The number of hydrogen-bond donors (Lipinski definition) is 1. The number of ether oxygens (including phenoxy) is 1. The Morgan fingerprint density at radius 2 is 1.79 bits per heavy atom. The van der Waals surface area contributed by atoms with Gasteiger partial charge in [-0.15, -0.1) is 0 Å². The number of carbonyl (C=O) groups is 2. The second-order valence-corrected chi connectivity index (χ2v) is 8.16. The molecule has 1 atom stereocenters. The van der Waals surface area contributed by atoms with Crippen molar-refractivity contribution in [3.63, 3.8) is 0 Å². The second kappa shape index (κ2) is 8.37. The van der Waals surface area contributed by atoms with Crippen molar-refractivity contribution in [3.05, 3.63) is 65.7 Å². The molecule has 1 fully saturated rings. The highest BCUT2D eigenvalue weighted by molar-refractivity contribution is 6.09. The molecule has 2 aliphatic rings. The van der Waals surface area contributed by atoms with Gasteiger partial charge in [-0.25, -0.2) is 0 Å². The highest BCUT2D eigenvalue weighted by Gasteiger charge is 2.50. The lowest BCUT2D eigenvalue weighted by atomic mass is 9.73. The first kappa shape index (κ1) is 19.6. The zero-order valence-electron chi connectivity index (χ0n) is 16.9. The van der Waals surface area contributed by atoms with E-state index in [1.165, 1.54) is 0 Å². The molecule has 0 spiro atoms. The molecule has 2 aromatic rings. The van der Waals surface area contributed by atoms with E-state index >= 15 is 0 Å². The zero-order chi connectivity index (χ0) is 20.3. The summed E-state index contributed by atoms with van der Waals surface area (Å²) in [6.45, 7) is 2.17. The summed E-state index contributed by atoms with van der Waals surface area (Å²) in [6, 6.07) is 17.8. The van der Waals surface area contributed by atoms with Gasteiger partial charge in [-0.05, 0) is 42.4 Å². The molecule has 2 heterocycles. The van der Waals surface area contributed by atoms with Gasteiger partial charge in [0.15, 0.2) is 0 Å². The SMILES string of the molecule is CN1C(=O)[C@](CC(=O)NCC2CCOCC2)(Cc2ccccc2)c2ccccc21. The van der Waals surface area contributed by atoms with Crippen LogP contribution in [0.2, 0.25) is 0 Å². The van der Waals surface area contributed by atoms with Gasteiger partial charge in [0.25, 0.3) is 0 Å². The number of benzene rings is 2. The molecule has 1 N–H and O–H groups in total. The van der Waals surface area contributed by atoms with Crippen LogP contribution in [0.5, 0.6) is 0 Å². The molecule has 0 radical (unpaired) electrons. The van der Waals surface area contributed by atoms with Crippen molar-refractivity contribution < 1.29 is 14.3 Å². The van der Waals surface area contributed by atoms with Gasteiger partial charge in [0.05, 0.1) is 5.41 Å². The van der Waals surface area contributed by atoms with E-state index in [1.54, 1.807) is 11.9 Å². The normalized spacial score (nSPS) is 21.8. The highest BCUT2D eigenvalue weighted by Crippen LogP contribution is 2.45. The number of likely N-dealkylation sites (N-methyl/N-ethyl adjacent to an activating group) is 1. The number of nitrogens with one attached hydrogen (secondary N) is 1. The molecule has 2 amide bonds. The number of fused-ring (bicyclic) bond motifs is 1. The van der Waals surface area contributed by atoms with Gasteiger partial charge in [0, 0.05) is 38.9 Å². The van der Waals surface area contributed by atoms with Crippen LogP contribution in [0.25, 0.3) is 0 Å². The van der Waals surface area contributed by atoms with Crippen LogP contribution < -0.4 is 10.2 Å². The van der Waals surface area contributed by atoms with Crippen molar-refractivity contribution in [2.75, 3.05) is 31.7 Å². The molecule has 0 saturated carbocycles. The van der Waals surface area contributed by atoms with Gasteiger partial charge in [0.2, 0.25) is 11.8 Å². The summed E-state index contributed by atoms with van der Waals surface area (Å²) in [6.07, 6.45) is 2.61. The van der Waals surface area contributed by atoms with Crippen molar-refractivity contribution in [2.24, 2.45) is 5.92 Å². The summed E-state index contributed by atoms with van der Waals surface area (Å²) >= 11 is 0. The number of carbonyl (C=O) groups excluding carboxylic acids is 2. The molecule has 5 nitrogen and oxygen atoms in total. The topological polar surface area (TPSA) is 58.6 Å². The molecule has 0 bridgehead atoms. The van der Waals surface area contributed by atoms with Crippen LogP contribution in [0, 0.1) is 5.92 Å². The van der Waals surface area contributed by atoms with Crippen LogP contribution in [-0.4, -0.2) is 38.6 Å². The molecule has 29 heavy (non-hydrogen) atoms. The van der Waals surface area contributed by atoms with Gasteiger partial charge in [0.1, 0.15) is 0 Å². The Kier molecular flexibility index (Phi) is 5.67. The minimum Gasteiger partial charge on any atom is -0.381 e. The fraction of sp³-hybridized carbons (Fsp3) is 0.417. The number of rotatable bonds is 6. The molecule has 1 saturated heterocycles. The minimum atomic E-state index is -0.869. The number of anilines is 1. The van der Waals surface area contributed by atoms with E-state index in [0.29, 0.717) is 18.9 Å². The average Bonchev–Trinajstić information content (AvgIpc) is 2.96. The van der Waals surface area contributed by atoms with Crippen LogP contribution in [0.4, 0.5) is 5.69 Å². The summed E-state index contributed by atoms with van der Waals surface area (Å²) in [4.78, 5) is 28.1. The average molecular weight is 392 g/mol. The van der Waals surface area contributed by atoms with E-state index in [0.717, 1.165) is 42.9 Å². The number of para-hydroxylation sites is 1. The smallest absolute Gasteiger partial charge is 0.238 e. The number of amides is 2. The van der Waals surface area contributed by atoms with Gasteiger partial charge in [-0.3, -0.25) is 9.59 Å². The standard InChI is InChI=1S/C24H28N2O3/c1-26-21-10-6-5-9-20(21)24(23(26)28,15-18-7-3-2-4-8-18)16-22(27)25-17-19-11-13-29-14-12-19/h2-10,19H,11-17H2,1H3,(H,25,27)/t24-/m0/s1. The predicted octanol–water partition coefficient (Wildman–Crippen LogP) is 3.08. The highest BCUT2D eigenvalue weighted by atomic mass is 16.5. The first-order chi connectivity index (χ1) is 14.1. The predicted molar refractivity (Wildman–Crippen MR) is 113 cm³/mol. The maximum absolute atomic E-state index is 13.5. The van der Waals surface area contributed by atoms with Crippen molar-refractivity contribution in [3.8, 4) is 0 Å². The van der Waals surface area contributed by atoms with Crippen LogP contribution in [0.1, 0.15) is 30.4 Å². The van der Waals surface area contributed by atoms with E-state index in [1.807, 2.05) is 54.6 Å². The van der Waals surface area contributed by atoms with E-state index < -0.39 is 5.41 Å². The molecule has 152 valence electrons. The van der Waals surface area contributed by atoms with E-state index in [4.69, 9.17) is 4.74 Å². The summed E-state index contributed by atoms with van der Waals surface area (Å²) in [7, 11) is 1.80. The Morgan fingerprint density at radius 1 is 1.10 bits per heavy atom. The van der Waals surface area contributed by atoms with E-state index in [9.17, 15) is 9.59 Å². The lowest BCUT2D eigenvalue weighted by molar-refractivity contribution is -0.129.